The first-order valence-electron chi connectivity index (χ1n) is 8.96. The summed E-state index contributed by atoms with van der Waals surface area (Å²) in [6.45, 7) is 0.390. The van der Waals surface area contributed by atoms with Gasteiger partial charge in [0.1, 0.15) is 0 Å². The Bertz CT molecular complexity index is 1200. The number of hydrogen-bond donors (Lipinski definition) is 2. The molecule has 0 bridgehead atoms. The maximum Gasteiger partial charge on any atom is 0.261 e. The number of carbonyl (C=O) groups excluding carboxylic acids is 1. The van der Waals surface area contributed by atoms with E-state index in [1.165, 1.54) is 18.2 Å². The summed E-state index contributed by atoms with van der Waals surface area (Å²) in [4.78, 5) is 12.4. The van der Waals surface area contributed by atoms with E-state index in [0.717, 1.165) is 5.56 Å². The van der Waals surface area contributed by atoms with Gasteiger partial charge in [0.2, 0.25) is 6.79 Å². The molecule has 0 unspecified atom stereocenters. The van der Waals surface area contributed by atoms with Gasteiger partial charge in [-0.05, 0) is 48.0 Å². The summed E-state index contributed by atoms with van der Waals surface area (Å²) in [5.41, 5.74) is 1.44. The van der Waals surface area contributed by atoms with Gasteiger partial charge in [-0.15, -0.1) is 0 Å². The molecule has 0 aromatic heterocycles. The Balaban J connectivity index is 1.47. The molecule has 3 aromatic carbocycles. The van der Waals surface area contributed by atoms with Crippen molar-refractivity contribution in [3.8, 4) is 11.5 Å². The lowest BCUT2D eigenvalue weighted by Gasteiger charge is -2.10. The molecule has 1 heterocycles. The Hall–Kier alpha value is -3.23. The summed E-state index contributed by atoms with van der Waals surface area (Å²) in [6, 6.07) is 17.6. The van der Waals surface area contributed by atoms with Crippen molar-refractivity contribution in [3.05, 3.63) is 82.9 Å². The highest BCUT2D eigenvalue weighted by Gasteiger charge is 2.19. The van der Waals surface area contributed by atoms with Crippen LogP contribution in [-0.2, 0) is 16.6 Å². The fourth-order valence-electron chi connectivity index (χ4n) is 2.87. The average molecular weight is 445 g/mol. The number of ether oxygens (including phenoxy) is 2. The van der Waals surface area contributed by atoms with Crippen LogP contribution >= 0.6 is 11.6 Å². The average Bonchev–Trinajstić information content (AvgIpc) is 3.21. The van der Waals surface area contributed by atoms with Crippen LogP contribution in [0.25, 0.3) is 0 Å². The fourth-order valence-corrected chi connectivity index (χ4v) is 4.09. The minimum atomic E-state index is -3.90. The van der Waals surface area contributed by atoms with Crippen LogP contribution < -0.4 is 19.5 Å². The fraction of sp³-hybridized carbons (Fsp3) is 0.0952. The highest BCUT2D eigenvalue weighted by Crippen LogP contribution is 2.34. The van der Waals surface area contributed by atoms with E-state index < -0.39 is 10.0 Å². The molecule has 2 N–H and O–H groups in total. The van der Waals surface area contributed by atoms with Crippen molar-refractivity contribution >= 4 is 33.2 Å². The van der Waals surface area contributed by atoms with Crippen LogP contribution in [0.15, 0.2) is 71.6 Å². The van der Waals surface area contributed by atoms with Gasteiger partial charge in [-0.25, -0.2) is 8.42 Å². The monoisotopic (exact) mass is 444 g/mol. The summed E-state index contributed by atoms with van der Waals surface area (Å²) in [6.07, 6.45) is 0. The molecular weight excluding hydrogens is 428 g/mol. The Morgan fingerprint density at radius 2 is 1.73 bits per heavy atom. The largest absolute Gasteiger partial charge is 0.454 e. The smallest absolute Gasteiger partial charge is 0.261 e. The molecule has 0 fully saturated rings. The van der Waals surface area contributed by atoms with Gasteiger partial charge in [0.15, 0.2) is 11.5 Å². The van der Waals surface area contributed by atoms with Crippen molar-refractivity contribution in [1.82, 2.24) is 5.32 Å². The van der Waals surface area contributed by atoms with Crippen molar-refractivity contribution in [2.45, 2.75) is 11.4 Å². The second-order valence-electron chi connectivity index (χ2n) is 6.51. The maximum absolute atomic E-state index is 12.8. The van der Waals surface area contributed by atoms with Crippen LogP contribution in [-0.4, -0.2) is 21.1 Å². The SMILES string of the molecule is O=C(NCc1ccc(Cl)cc1)c1cccc(S(=O)(=O)Nc2ccc3c(c2)OCO3)c1. The summed E-state index contributed by atoms with van der Waals surface area (Å²) in [5.74, 6) is 0.632. The first kappa shape index (κ1) is 20.1. The van der Waals surface area contributed by atoms with E-state index in [0.29, 0.717) is 28.8 Å². The zero-order chi connectivity index (χ0) is 21.1. The first-order valence-corrected chi connectivity index (χ1v) is 10.8. The van der Waals surface area contributed by atoms with E-state index >= 15 is 0 Å². The highest BCUT2D eigenvalue weighted by atomic mass is 35.5. The second kappa shape index (κ2) is 8.25. The molecule has 30 heavy (non-hydrogen) atoms. The van der Waals surface area contributed by atoms with E-state index in [1.807, 2.05) is 0 Å². The van der Waals surface area contributed by atoms with Crippen LogP contribution in [0.5, 0.6) is 11.5 Å². The quantitative estimate of drug-likeness (QED) is 0.603. The van der Waals surface area contributed by atoms with Crippen molar-refractivity contribution in [1.29, 1.82) is 0 Å². The number of carbonyl (C=O) groups is 1. The third kappa shape index (κ3) is 4.50. The van der Waals surface area contributed by atoms with E-state index in [4.69, 9.17) is 21.1 Å². The molecule has 0 saturated heterocycles. The standard InChI is InChI=1S/C21H17ClN2O5S/c22-16-6-4-14(5-7-16)12-23-21(25)15-2-1-3-18(10-15)30(26,27)24-17-8-9-19-20(11-17)29-13-28-19/h1-11,24H,12-13H2,(H,23,25). The minimum absolute atomic E-state index is 0.0284. The zero-order valence-electron chi connectivity index (χ0n) is 15.6. The normalized spacial score (nSPS) is 12.4. The lowest BCUT2D eigenvalue weighted by Crippen LogP contribution is -2.23. The molecule has 0 atom stereocenters. The van der Waals surface area contributed by atoms with E-state index in [2.05, 4.69) is 10.0 Å². The van der Waals surface area contributed by atoms with Crippen LogP contribution in [0.2, 0.25) is 5.02 Å². The molecule has 1 aliphatic rings. The number of fused-ring (bicyclic) bond motifs is 1. The summed E-state index contributed by atoms with van der Waals surface area (Å²) in [7, 11) is -3.90. The van der Waals surface area contributed by atoms with Crippen LogP contribution in [0.4, 0.5) is 5.69 Å². The Morgan fingerprint density at radius 1 is 0.967 bits per heavy atom. The van der Waals surface area contributed by atoms with Crippen LogP contribution in [0, 0.1) is 0 Å². The Kier molecular flexibility index (Phi) is 5.52. The number of halogens is 1. The van der Waals surface area contributed by atoms with Crippen LogP contribution in [0.3, 0.4) is 0 Å². The zero-order valence-corrected chi connectivity index (χ0v) is 17.2. The molecule has 0 aliphatic carbocycles. The number of sulfonamides is 1. The van der Waals surface area contributed by atoms with Crippen molar-refractivity contribution in [3.63, 3.8) is 0 Å². The Labute approximate surface area is 178 Å². The summed E-state index contributed by atoms with van der Waals surface area (Å²) in [5, 5.41) is 3.37. The second-order valence-corrected chi connectivity index (χ2v) is 8.63. The van der Waals surface area contributed by atoms with Gasteiger partial charge in [-0.3, -0.25) is 9.52 Å². The molecule has 9 heteroatoms. The van der Waals surface area contributed by atoms with E-state index in [1.54, 1.807) is 48.5 Å². The van der Waals surface area contributed by atoms with Crippen molar-refractivity contribution in [2.24, 2.45) is 0 Å². The van der Waals surface area contributed by atoms with Crippen molar-refractivity contribution in [2.75, 3.05) is 11.5 Å². The van der Waals surface area contributed by atoms with E-state index in [9.17, 15) is 13.2 Å². The van der Waals surface area contributed by atoms with Gasteiger partial charge in [-0.1, -0.05) is 29.8 Å². The predicted molar refractivity (Wildman–Crippen MR) is 112 cm³/mol. The molecular formula is C21H17ClN2O5S. The van der Waals surface area contributed by atoms with Crippen molar-refractivity contribution < 1.29 is 22.7 Å². The molecule has 4 rings (SSSR count). The number of amides is 1. The lowest BCUT2D eigenvalue weighted by atomic mass is 10.2. The minimum Gasteiger partial charge on any atom is -0.454 e. The van der Waals surface area contributed by atoms with Gasteiger partial charge >= 0.3 is 0 Å². The van der Waals surface area contributed by atoms with E-state index in [-0.39, 0.29) is 23.2 Å². The molecule has 1 amide bonds. The number of nitrogens with one attached hydrogen (secondary N) is 2. The number of rotatable bonds is 6. The summed E-state index contributed by atoms with van der Waals surface area (Å²) >= 11 is 5.85. The third-order valence-corrected chi connectivity index (χ3v) is 6.03. The number of anilines is 1. The Morgan fingerprint density at radius 3 is 2.53 bits per heavy atom. The molecule has 0 saturated carbocycles. The number of benzene rings is 3. The number of hydrogen-bond acceptors (Lipinski definition) is 5. The molecule has 154 valence electrons. The summed E-state index contributed by atoms with van der Waals surface area (Å²) < 4.78 is 38.5. The van der Waals surface area contributed by atoms with Gasteiger partial charge in [-0.2, -0.15) is 0 Å². The van der Waals surface area contributed by atoms with Gasteiger partial charge in [0.25, 0.3) is 15.9 Å². The predicted octanol–water partition coefficient (Wildman–Crippen LogP) is 3.80. The molecule has 0 spiro atoms. The van der Waals surface area contributed by atoms with Gasteiger partial charge in [0.05, 0.1) is 10.6 Å². The molecule has 1 aliphatic heterocycles. The first-order chi connectivity index (χ1) is 14.4. The molecule has 0 radical (unpaired) electrons. The molecule has 7 nitrogen and oxygen atoms in total. The highest BCUT2D eigenvalue weighted by molar-refractivity contribution is 7.92. The maximum atomic E-state index is 12.8. The molecule has 3 aromatic rings. The van der Waals surface area contributed by atoms with Crippen LogP contribution in [0.1, 0.15) is 15.9 Å². The lowest BCUT2D eigenvalue weighted by molar-refractivity contribution is 0.0950. The van der Waals surface area contributed by atoms with Gasteiger partial charge in [0, 0.05) is 23.2 Å². The van der Waals surface area contributed by atoms with Gasteiger partial charge < -0.3 is 14.8 Å². The third-order valence-electron chi connectivity index (χ3n) is 4.40. The topological polar surface area (TPSA) is 93.7 Å².